The standard InChI is InChI=1S/C6H5N3.C5H12.CO2/c1-2-4-6-5(3-1)7-9-8-6;1-3-5-4-2;2-1-3/h1-4H,(H,7,8,9);3-5H2,1-2H3;. The molecule has 0 aliphatic carbocycles. The molecule has 0 saturated carbocycles. The molecule has 0 fully saturated rings. The van der Waals surface area contributed by atoms with Gasteiger partial charge in [-0.3, -0.25) is 0 Å². The van der Waals surface area contributed by atoms with Crippen LogP contribution in [0.3, 0.4) is 0 Å². The topological polar surface area (TPSA) is 75.7 Å². The summed E-state index contributed by atoms with van der Waals surface area (Å²) in [7, 11) is 0. The summed E-state index contributed by atoms with van der Waals surface area (Å²) in [6, 6.07) is 7.70. The van der Waals surface area contributed by atoms with E-state index < -0.39 is 0 Å². The smallest absolute Gasteiger partial charge is 0.197 e. The van der Waals surface area contributed by atoms with E-state index in [1.165, 1.54) is 19.3 Å². The maximum atomic E-state index is 8.12. The van der Waals surface area contributed by atoms with E-state index in [1.807, 2.05) is 24.3 Å². The minimum atomic E-state index is 0.250. The molecule has 0 amide bonds. The fourth-order valence-corrected chi connectivity index (χ4v) is 1.14. The van der Waals surface area contributed by atoms with Crippen molar-refractivity contribution in [2.75, 3.05) is 0 Å². The first-order valence-corrected chi connectivity index (χ1v) is 5.54. The molecular weight excluding hydrogens is 218 g/mol. The maximum absolute atomic E-state index is 8.12. The van der Waals surface area contributed by atoms with E-state index in [9.17, 15) is 0 Å². The van der Waals surface area contributed by atoms with Crippen LogP contribution in [0.1, 0.15) is 33.1 Å². The van der Waals surface area contributed by atoms with E-state index in [0.29, 0.717) is 0 Å². The number of H-pyrrole nitrogens is 1. The predicted molar refractivity (Wildman–Crippen MR) is 64.1 cm³/mol. The van der Waals surface area contributed by atoms with Crippen LogP contribution in [0.5, 0.6) is 0 Å². The van der Waals surface area contributed by atoms with E-state index in [2.05, 4.69) is 29.3 Å². The lowest BCUT2D eigenvalue weighted by atomic mass is 10.3. The first-order chi connectivity index (χ1) is 8.29. The Balaban J connectivity index is 0.000000276. The van der Waals surface area contributed by atoms with Crippen LogP contribution in [-0.4, -0.2) is 21.6 Å². The number of carbonyl (C=O) groups excluding carboxylic acids is 2. The lowest BCUT2D eigenvalue weighted by Gasteiger charge is -1.79. The molecule has 2 rings (SSSR count). The zero-order chi connectivity index (χ0) is 12.9. The summed E-state index contributed by atoms with van der Waals surface area (Å²) in [5.41, 5.74) is 1.83. The molecule has 0 aliphatic heterocycles. The summed E-state index contributed by atoms with van der Waals surface area (Å²) in [6.07, 6.45) is 4.33. The van der Waals surface area contributed by atoms with Crippen LogP contribution in [0.25, 0.3) is 11.0 Å². The zero-order valence-electron chi connectivity index (χ0n) is 10.1. The molecule has 17 heavy (non-hydrogen) atoms. The third kappa shape index (κ3) is 6.98. The SMILES string of the molecule is CCCCC.O=C=O.c1ccc2n[nH]nc2c1. The van der Waals surface area contributed by atoms with E-state index in [4.69, 9.17) is 9.59 Å². The van der Waals surface area contributed by atoms with Gasteiger partial charge in [-0.2, -0.15) is 25.0 Å². The third-order valence-corrected chi connectivity index (χ3v) is 1.93. The van der Waals surface area contributed by atoms with Crippen molar-refractivity contribution in [2.45, 2.75) is 33.1 Å². The van der Waals surface area contributed by atoms with Crippen molar-refractivity contribution < 1.29 is 9.59 Å². The van der Waals surface area contributed by atoms with Gasteiger partial charge in [-0.15, -0.1) is 0 Å². The number of rotatable bonds is 2. The second-order valence-electron chi connectivity index (χ2n) is 3.25. The number of aromatic amines is 1. The van der Waals surface area contributed by atoms with Gasteiger partial charge < -0.3 is 0 Å². The Morgan fingerprint density at radius 1 is 1.06 bits per heavy atom. The lowest BCUT2D eigenvalue weighted by Crippen LogP contribution is -1.63. The highest BCUT2D eigenvalue weighted by Crippen LogP contribution is 2.03. The minimum absolute atomic E-state index is 0.250. The van der Waals surface area contributed by atoms with E-state index >= 15 is 0 Å². The molecule has 0 aliphatic rings. The van der Waals surface area contributed by atoms with Crippen LogP contribution >= 0.6 is 0 Å². The third-order valence-electron chi connectivity index (χ3n) is 1.93. The van der Waals surface area contributed by atoms with Crippen LogP contribution in [-0.2, 0) is 9.59 Å². The van der Waals surface area contributed by atoms with Gasteiger partial charge >= 0.3 is 6.15 Å². The van der Waals surface area contributed by atoms with Gasteiger partial charge in [-0.1, -0.05) is 45.2 Å². The van der Waals surface area contributed by atoms with Gasteiger partial charge in [0, 0.05) is 0 Å². The molecule has 0 atom stereocenters. The number of para-hydroxylation sites is 2. The van der Waals surface area contributed by atoms with Crippen LogP contribution < -0.4 is 0 Å². The van der Waals surface area contributed by atoms with Gasteiger partial charge in [0.2, 0.25) is 0 Å². The van der Waals surface area contributed by atoms with Crippen molar-refractivity contribution in [3.8, 4) is 0 Å². The number of aromatic nitrogens is 3. The Hall–Kier alpha value is -2.00. The molecular formula is C12H17N3O2. The van der Waals surface area contributed by atoms with E-state index in [1.54, 1.807) is 0 Å². The second kappa shape index (κ2) is 10.5. The summed E-state index contributed by atoms with van der Waals surface area (Å²) in [5, 5.41) is 10.3. The number of nitrogens with zero attached hydrogens (tertiary/aromatic N) is 2. The Bertz CT molecular complexity index is 402. The van der Waals surface area contributed by atoms with Crippen LogP contribution in [0.4, 0.5) is 0 Å². The minimum Gasteiger partial charge on any atom is -0.197 e. The average Bonchev–Trinajstić information content (AvgIpc) is 2.80. The van der Waals surface area contributed by atoms with Gasteiger partial charge in [-0.05, 0) is 12.1 Å². The Morgan fingerprint density at radius 2 is 1.47 bits per heavy atom. The van der Waals surface area contributed by atoms with Crippen LogP contribution in [0.2, 0.25) is 0 Å². The van der Waals surface area contributed by atoms with Gasteiger partial charge in [0.1, 0.15) is 11.0 Å². The monoisotopic (exact) mass is 235 g/mol. The first-order valence-electron chi connectivity index (χ1n) is 5.54. The average molecular weight is 235 g/mol. The molecule has 5 nitrogen and oxygen atoms in total. The molecule has 0 unspecified atom stereocenters. The van der Waals surface area contributed by atoms with Crippen molar-refractivity contribution in [1.29, 1.82) is 0 Å². The molecule has 1 N–H and O–H groups in total. The van der Waals surface area contributed by atoms with Crippen molar-refractivity contribution in [2.24, 2.45) is 0 Å². The van der Waals surface area contributed by atoms with Crippen LogP contribution in [0.15, 0.2) is 24.3 Å². The molecule has 0 spiro atoms. The molecule has 1 heterocycles. The summed E-state index contributed by atoms with van der Waals surface area (Å²) < 4.78 is 0. The largest absolute Gasteiger partial charge is 0.373 e. The fraction of sp³-hybridized carbons (Fsp3) is 0.417. The Morgan fingerprint density at radius 3 is 1.76 bits per heavy atom. The highest BCUT2D eigenvalue weighted by molar-refractivity contribution is 5.72. The molecule has 5 heteroatoms. The van der Waals surface area contributed by atoms with Gasteiger partial charge in [0.25, 0.3) is 0 Å². The molecule has 0 radical (unpaired) electrons. The highest BCUT2D eigenvalue weighted by Gasteiger charge is 1.90. The number of nitrogens with one attached hydrogen (secondary N) is 1. The van der Waals surface area contributed by atoms with Crippen molar-refractivity contribution in [3.05, 3.63) is 24.3 Å². The normalized spacial score (nSPS) is 8.35. The molecule has 0 bridgehead atoms. The number of hydrogen-bond donors (Lipinski definition) is 1. The summed E-state index contributed by atoms with van der Waals surface area (Å²) in [5.74, 6) is 0. The van der Waals surface area contributed by atoms with Crippen molar-refractivity contribution in [3.63, 3.8) is 0 Å². The predicted octanol–water partition coefficient (Wildman–Crippen LogP) is 2.57. The lowest BCUT2D eigenvalue weighted by molar-refractivity contribution is -0.191. The second-order valence-corrected chi connectivity index (χ2v) is 3.25. The van der Waals surface area contributed by atoms with Crippen molar-refractivity contribution >= 4 is 17.2 Å². The Kier molecular flexibility index (Phi) is 9.28. The molecule has 1 aromatic carbocycles. The van der Waals surface area contributed by atoms with Gasteiger partial charge in [-0.25, -0.2) is 0 Å². The molecule has 0 saturated heterocycles. The molecule has 1 aromatic heterocycles. The first kappa shape index (κ1) is 15.0. The number of hydrogen-bond acceptors (Lipinski definition) is 4. The van der Waals surface area contributed by atoms with E-state index in [0.717, 1.165) is 11.0 Å². The van der Waals surface area contributed by atoms with Gasteiger partial charge in [0.15, 0.2) is 0 Å². The molecule has 2 aromatic rings. The quantitative estimate of drug-likeness (QED) is 0.867. The summed E-state index contributed by atoms with van der Waals surface area (Å²) in [6.45, 7) is 4.42. The zero-order valence-corrected chi connectivity index (χ0v) is 10.1. The highest BCUT2D eigenvalue weighted by atomic mass is 16.2. The molecule has 92 valence electrons. The van der Waals surface area contributed by atoms with Crippen LogP contribution in [0, 0.1) is 0 Å². The van der Waals surface area contributed by atoms with Crippen molar-refractivity contribution in [1.82, 2.24) is 15.4 Å². The number of benzene rings is 1. The summed E-state index contributed by atoms with van der Waals surface area (Å²) in [4.78, 5) is 16.2. The fourth-order valence-electron chi connectivity index (χ4n) is 1.14. The maximum Gasteiger partial charge on any atom is 0.373 e. The summed E-state index contributed by atoms with van der Waals surface area (Å²) >= 11 is 0. The number of fused-ring (bicyclic) bond motifs is 1. The van der Waals surface area contributed by atoms with E-state index in [-0.39, 0.29) is 6.15 Å². The number of unbranched alkanes of at least 4 members (excludes halogenated alkanes) is 2. The van der Waals surface area contributed by atoms with Gasteiger partial charge in [0.05, 0.1) is 0 Å². The Labute approximate surface area is 100 Å².